The molecule has 122 valence electrons. The summed E-state index contributed by atoms with van der Waals surface area (Å²) in [6, 6.07) is 0. The SMILES string of the molecule is NC(N)=NCCCN1CC=C(c2cn3ccnc3[nH]c2=O)CC1. The summed E-state index contributed by atoms with van der Waals surface area (Å²) in [6.45, 7) is 3.34. The maximum atomic E-state index is 12.2. The van der Waals surface area contributed by atoms with Crippen LogP contribution in [0.15, 0.2) is 34.5 Å². The molecule has 8 nitrogen and oxygen atoms in total. The summed E-state index contributed by atoms with van der Waals surface area (Å²) in [7, 11) is 0. The zero-order valence-corrected chi connectivity index (χ0v) is 12.9. The van der Waals surface area contributed by atoms with Crippen LogP contribution < -0.4 is 17.0 Å². The molecule has 2 aromatic rings. The number of H-pyrrole nitrogens is 1. The molecule has 0 bridgehead atoms. The first kappa shape index (κ1) is 15.3. The summed E-state index contributed by atoms with van der Waals surface area (Å²) < 4.78 is 1.83. The number of nitrogens with one attached hydrogen (secondary N) is 1. The van der Waals surface area contributed by atoms with Crippen LogP contribution in [-0.4, -0.2) is 51.4 Å². The van der Waals surface area contributed by atoms with E-state index in [0.29, 0.717) is 12.3 Å². The predicted molar refractivity (Wildman–Crippen MR) is 90.1 cm³/mol. The molecule has 0 aromatic carbocycles. The molecule has 3 heterocycles. The fraction of sp³-hybridized carbons (Fsp3) is 0.400. The van der Waals surface area contributed by atoms with Gasteiger partial charge in [-0.05, 0) is 18.4 Å². The number of hydrogen-bond acceptors (Lipinski definition) is 4. The third kappa shape index (κ3) is 3.59. The fourth-order valence-corrected chi connectivity index (χ4v) is 2.77. The van der Waals surface area contributed by atoms with Crippen molar-refractivity contribution in [1.82, 2.24) is 19.3 Å². The third-order valence-corrected chi connectivity index (χ3v) is 3.97. The molecule has 2 aromatic heterocycles. The number of nitrogens with zero attached hydrogens (tertiary/aromatic N) is 4. The molecule has 5 N–H and O–H groups in total. The van der Waals surface area contributed by atoms with Crippen molar-refractivity contribution in [3.05, 3.63) is 40.6 Å². The van der Waals surface area contributed by atoms with E-state index in [9.17, 15) is 4.79 Å². The Labute approximate surface area is 133 Å². The number of nitrogens with two attached hydrogens (primary N) is 2. The molecule has 8 heteroatoms. The van der Waals surface area contributed by atoms with E-state index in [4.69, 9.17) is 11.5 Å². The lowest BCUT2D eigenvalue weighted by molar-refractivity contribution is 0.300. The topological polar surface area (TPSA) is 118 Å². The average molecular weight is 315 g/mol. The molecule has 0 unspecified atom stereocenters. The van der Waals surface area contributed by atoms with Crippen LogP contribution >= 0.6 is 0 Å². The number of hydrogen-bond donors (Lipinski definition) is 3. The molecular weight excluding hydrogens is 294 g/mol. The van der Waals surface area contributed by atoms with Crippen LogP contribution in [0.1, 0.15) is 18.4 Å². The van der Waals surface area contributed by atoms with Gasteiger partial charge < -0.3 is 11.5 Å². The van der Waals surface area contributed by atoms with E-state index in [1.54, 1.807) is 6.20 Å². The van der Waals surface area contributed by atoms with Crippen LogP contribution in [-0.2, 0) is 0 Å². The van der Waals surface area contributed by atoms with Crippen LogP contribution in [0.2, 0.25) is 0 Å². The lowest BCUT2D eigenvalue weighted by Gasteiger charge is -2.25. The van der Waals surface area contributed by atoms with Gasteiger partial charge in [0, 0.05) is 44.8 Å². The monoisotopic (exact) mass is 315 g/mol. The van der Waals surface area contributed by atoms with Gasteiger partial charge in [0.25, 0.3) is 5.56 Å². The molecule has 0 spiro atoms. The molecule has 0 aliphatic carbocycles. The van der Waals surface area contributed by atoms with Crippen molar-refractivity contribution < 1.29 is 0 Å². The maximum Gasteiger partial charge on any atom is 0.259 e. The van der Waals surface area contributed by atoms with Crippen molar-refractivity contribution >= 4 is 17.3 Å². The number of rotatable bonds is 5. The van der Waals surface area contributed by atoms with E-state index in [-0.39, 0.29) is 11.5 Å². The third-order valence-electron chi connectivity index (χ3n) is 3.97. The van der Waals surface area contributed by atoms with Gasteiger partial charge in [-0.1, -0.05) is 6.08 Å². The molecule has 0 saturated carbocycles. The Hall–Kier alpha value is -2.61. The van der Waals surface area contributed by atoms with Gasteiger partial charge in [0.15, 0.2) is 5.96 Å². The largest absolute Gasteiger partial charge is 0.370 e. The van der Waals surface area contributed by atoms with E-state index in [2.05, 4.69) is 25.9 Å². The molecule has 0 radical (unpaired) electrons. The van der Waals surface area contributed by atoms with Gasteiger partial charge in [-0.2, -0.15) is 0 Å². The van der Waals surface area contributed by atoms with Gasteiger partial charge in [-0.15, -0.1) is 0 Å². The molecule has 0 fully saturated rings. The van der Waals surface area contributed by atoms with Gasteiger partial charge in [0.1, 0.15) is 0 Å². The normalized spacial score (nSPS) is 15.6. The van der Waals surface area contributed by atoms with Crippen molar-refractivity contribution in [3.8, 4) is 0 Å². The van der Waals surface area contributed by atoms with Crippen molar-refractivity contribution in [3.63, 3.8) is 0 Å². The Morgan fingerprint density at radius 3 is 3.04 bits per heavy atom. The molecule has 0 amide bonds. The van der Waals surface area contributed by atoms with Crippen LogP contribution in [0.5, 0.6) is 0 Å². The average Bonchev–Trinajstić information content (AvgIpc) is 2.98. The minimum Gasteiger partial charge on any atom is -0.370 e. The van der Waals surface area contributed by atoms with E-state index < -0.39 is 0 Å². The lowest BCUT2D eigenvalue weighted by atomic mass is 10.0. The summed E-state index contributed by atoms with van der Waals surface area (Å²) in [5.41, 5.74) is 12.3. The first-order valence-corrected chi connectivity index (χ1v) is 7.66. The van der Waals surface area contributed by atoms with Crippen LogP contribution in [0.4, 0.5) is 0 Å². The Morgan fingerprint density at radius 1 is 1.43 bits per heavy atom. The fourth-order valence-electron chi connectivity index (χ4n) is 2.77. The van der Waals surface area contributed by atoms with Crippen molar-refractivity contribution in [2.75, 3.05) is 26.2 Å². The zero-order chi connectivity index (χ0) is 16.2. The zero-order valence-electron chi connectivity index (χ0n) is 12.9. The number of guanidine groups is 1. The first-order chi connectivity index (χ1) is 11.1. The van der Waals surface area contributed by atoms with Gasteiger partial charge >= 0.3 is 0 Å². The minimum atomic E-state index is -0.0869. The van der Waals surface area contributed by atoms with Crippen molar-refractivity contribution in [1.29, 1.82) is 0 Å². The van der Waals surface area contributed by atoms with Crippen molar-refractivity contribution in [2.24, 2.45) is 16.5 Å². The Balaban J connectivity index is 1.65. The number of fused-ring (bicyclic) bond motifs is 1. The second-order valence-electron chi connectivity index (χ2n) is 5.60. The molecule has 1 aliphatic heterocycles. The summed E-state index contributed by atoms with van der Waals surface area (Å²) in [5.74, 6) is 0.705. The molecular formula is C15H21N7O. The smallest absolute Gasteiger partial charge is 0.259 e. The summed E-state index contributed by atoms with van der Waals surface area (Å²) >= 11 is 0. The quantitative estimate of drug-likeness (QED) is 0.400. The molecule has 23 heavy (non-hydrogen) atoms. The van der Waals surface area contributed by atoms with E-state index in [1.165, 1.54) is 0 Å². The number of aromatic nitrogens is 3. The highest BCUT2D eigenvalue weighted by molar-refractivity contribution is 5.75. The van der Waals surface area contributed by atoms with Crippen LogP contribution in [0.25, 0.3) is 11.4 Å². The highest BCUT2D eigenvalue weighted by Crippen LogP contribution is 2.19. The lowest BCUT2D eigenvalue weighted by Crippen LogP contribution is -2.31. The van der Waals surface area contributed by atoms with E-state index in [1.807, 2.05) is 16.8 Å². The molecule has 1 aliphatic rings. The van der Waals surface area contributed by atoms with E-state index >= 15 is 0 Å². The molecule has 0 saturated heterocycles. The molecule has 0 atom stereocenters. The summed E-state index contributed by atoms with van der Waals surface area (Å²) in [6.07, 6.45) is 9.24. The van der Waals surface area contributed by atoms with E-state index in [0.717, 1.165) is 43.6 Å². The Bertz CT molecular complexity index is 798. The second-order valence-corrected chi connectivity index (χ2v) is 5.60. The second kappa shape index (κ2) is 6.66. The predicted octanol–water partition coefficient (Wildman–Crippen LogP) is -0.225. The Kier molecular flexibility index (Phi) is 4.42. The van der Waals surface area contributed by atoms with Gasteiger partial charge in [0.2, 0.25) is 5.78 Å². The summed E-state index contributed by atoms with van der Waals surface area (Å²) in [4.78, 5) is 25.4. The first-order valence-electron chi connectivity index (χ1n) is 7.66. The van der Waals surface area contributed by atoms with Crippen molar-refractivity contribution in [2.45, 2.75) is 12.8 Å². The number of imidazole rings is 1. The highest BCUT2D eigenvalue weighted by atomic mass is 16.1. The van der Waals surface area contributed by atoms with Gasteiger partial charge in [0.05, 0.1) is 5.56 Å². The Morgan fingerprint density at radius 2 is 2.30 bits per heavy atom. The highest BCUT2D eigenvalue weighted by Gasteiger charge is 2.15. The van der Waals surface area contributed by atoms with Crippen LogP contribution in [0, 0.1) is 0 Å². The maximum absolute atomic E-state index is 12.2. The number of aromatic amines is 1. The van der Waals surface area contributed by atoms with Gasteiger partial charge in [-0.25, -0.2) is 4.98 Å². The van der Waals surface area contributed by atoms with Crippen LogP contribution in [0.3, 0.4) is 0 Å². The molecule has 3 rings (SSSR count). The minimum absolute atomic E-state index is 0.0869. The standard InChI is InChI=1S/C15H21N7O/c16-14(17)18-4-1-6-21-7-2-11(3-8-21)12-10-22-9-5-19-15(22)20-13(12)23/h2,5,9-10H,1,3-4,6-8H2,(H4,16,17,18)(H,19,20,23). The van der Waals surface area contributed by atoms with Gasteiger partial charge in [-0.3, -0.25) is 24.1 Å². The summed E-state index contributed by atoms with van der Waals surface area (Å²) in [5, 5.41) is 0. The number of aliphatic imine (C=N–C) groups is 1.